The van der Waals surface area contributed by atoms with E-state index >= 15 is 0 Å². The molecule has 0 aromatic heterocycles. The Balaban J connectivity index is 3.27. The van der Waals surface area contributed by atoms with Gasteiger partial charge in [-0.15, -0.1) is 0 Å². The van der Waals surface area contributed by atoms with Gasteiger partial charge in [0.2, 0.25) is 0 Å². The van der Waals surface area contributed by atoms with Crippen LogP contribution in [-0.2, 0) is 0 Å². The molecule has 0 heterocycles. The largest absolute Gasteiger partial charge is 0.497 e. The maximum absolute atomic E-state index is 9.17. The number of aliphatic hydroxyl groups excluding tert-OH is 1. The van der Waals surface area contributed by atoms with Gasteiger partial charge < -0.3 is 20.5 Å². The molecule has 0 saturated heterocycles. The number of rotatable bonds is 6. The molecule has 1 aromatic rings. The molecule has 100 valence electrons. The first-order valence-corrected chi connectivity index (χ1v) is 6.27. The Morgan fingerprint density at radius 3 is 2.61 bits per heavy atom. The Morgan fingerprint density at radius 1 is 1.50 bits per heavy atom. The molecule has 3 N–H and O–H groups in total. The topological polar surface area (TPSA) is 58.7 Å². The van der Waals surface area contributed by atoms with E-state index in [-0.39, 0.29) is 12.6 Å². The van der Waals surface area contributed by atoms with Crippen molar-refractivity contribution in [2.24, 2.45) is 5.73 Å². The molecule has 0 atom stereocenters. The minimum absolute atomic E-state index is 0.0756. The van der Waals surface area contributed by atoms with Gasteiger partial charge in [-0.25, -0.2) is 0 Å². The highest BCUT2D eigenvalue weighted by Gasteiger charge is 2.16. The van der Waals surface area contributed by atoms with Crippen LogP contribution in [0.3, 0.4) is 0 Å². The second-order valence-electron chi connectivity index (χ2n) is 4.26. The van der Waals surface area contributed by atoms with Crippen LogP contribution < -0.4 is 15.4 Å². The molecule has 0 spiro atoms. The fourth-order valence-corrected chi connectivity index (χ4v) is 2.02. The smallest absolute Gasteiger partial charge is 0.120 e. The summed E-state index contributed by atoms with van der Waals surface area (Å²) in [7, 11) is 1.62. The highest BCUT2D eigenvalue weighted by molar-refractivity contribution is 7.80. The predicted octanol–water partition coefficient (Wildman–Crippen LogP) is 1.54. The monoisotopic (exact) mass is 268 g/mol. The summed E-state index contributed by atoms with van der Waals surface area (Å²) in [5, 5.41) is 9.17. The lowest BCUT2D eigenvalue weighted by atomic mass is 10.1. The van der Waals surface area contributed by atoms with E-state index in [4.69, 9.17) is 27.8 Å². The maximum Gasteiger partial charge on any atom is 0.120 e. The van der Waals surface area contributed by atoms with Gasteiger partial charge in [-0.3, -0.25) is 0 Å². The minimum Gasteiger partial charge on any atom is -0.497 e. The molecule has 0 radical (unpaired) electrons. The summed E-state index contributed by atoms with van der Waals surface area (Å²) in [5.41, 5.74) is 7.44. The summed E-state index contributed by atoms with van der Waals surface area (Å²) in [6, 6.07) is 5.81. The Bertz CT molecular complexity index is 421. The standard InChI is InChI=1S/C13H20N2O2S/c1-9(2)15(6-7-16)12-8-10(17-3)4-5-11(12)13(14)18/h4-5,8-9,16H,6-7H2,1-3H3,(H2,14,18). The van der Waals surface area contributed by atoms with Gasteiger partial charge in [0.15, 0.2) is 0 Å². The average molecular weight is 268 g/mol. The van der Waals surface area contributed by atoms with Crippen molar-refractivity contribution in [1.29, 1.82) is 0 Å². The highest BCUT2D eigenvalue weighted by atomic mass is 32.1. The van der Waals surface area contributed by atoms with Crippen LogP contribution >= 0.6 is 12.2 Å². The summed E-state index contributed by atoms with van der Waals surface area (Å²) >= 11 is 5.07. The van der Waals surface area contributed by atoms with E-state index in [1.807, 2.05) is 18.2 Å². The van der Waals surface area contributed by atoms with Gasteiger partial charge in [-0.1, -0.05) is 12.2 Å². The van der Waals surface area contributed by atoms with E-state index in [1.54, 1.807) is 7.11 Å². The molecule has 0 saturated carbocycles. The van der Waals surface area contributed by atoms with E-state index in [9.17, 15) is 0 Å². The Hall–Kier alpha value is -1.33. The number of ether oxygens (including phenoxy) is 1. The lowest BCUT2D eigenvalue weighted by Gasteiger charge is -2.30. The second kappa shape index (κ2) is 6.56. The number of anilines is 1. The van der Waals surface area contributed by atoms with Crippen molar-refractivity contribution >= 4 is 22.9 Å². The third-order valence-electron chi connectivity index (χ3n) is 2.74. The van der Waals surface area contributed by atoms with Gasteiger partial charge in [0.05, 0.1) is 19.4 Å². The van der Waals surface area contributed by atoms with Crippen molar-refractivity contribution in [2.75, 3.05) is 25.2 Å². The molecule has 0 aliphatic carbocycles. The van der Waals surface area contributed by atoms with Gasteiger partial charge in [0.1, 0.15) is 10.7 Å². The first-order valence-electron chi connectivity index (χ1n) is 5.86. The van der Waals surface area contributed by atoms with Crippen LogP contribution in [0.5, 0.6) is 5.75 Å². The van der Waals surface area contributed by atoms with Crippen LogP contribution in [0.15, 0.2) is 18.2 Å². The lowest BCUT2D eigenvalue weighted by Crippen LogP contribution is -2.35. The SMILES string of the molecule is COc1ccc(C(N)=S)c(N(CCO)C(C)C)c1. The molecule has 1 aromatic carbocycles. The van der Waals surface area contributed by atoms with Gasteiger partial charge >= 0.3 is 0 Å². The van der Waals surface area contributed by atoms with E-state index < -0.39 is 0 Å². The minimum atomic E-state index is 0.0756. The van der Waals surface area contributed by atoms with Gasteiger partial charge in [-0.05, 0) is 26.0 Å². The number of thiocarbonyl (C=S) groups is 1. The first-order chi connectivity index (χ1) is 8.51. The normalized spacial score (nSPS) is 10.5. The highest BCUT2D eigenvalue weighted by Crippen LogP contribution is 2.27. The number of benzene rings is 1. The number of methoxy groups -OCH3 is 1. The Labute approximate surface area is 113 Å². The van der Waals surface area contributed by atoms with Crippen LogP contribution in [0.2, 0.25) is 0 Å². The summed E-state index contributed by atoms with van der Waals surface area (Å²) < 4.78 is 5.22. The zero-order valence-corrected chi connectivity index (χ0v) is 11.8. The second-order valence-corrected chi connectivity index (χ2v) is 4.70. The predicted molar refractivity (Wildman–Crippen MR) is 78.4 cm³/mol. The first kappa shape index (κ1) is 14.7. The van der Waals surface area contributed by atoms with E-state index in [1.165, 1.54) is 0 Å². The number of aliphatic hydroxyl groups is 1. The molecule has 0 aliphatic heterocycles. The molecular formula is C13H20N2O2S. The summed E-state index contributed by atoms with van der Waals surface area (Å²) in [6.07, 6.45) is 0. The summed E-state index contributed by atoms with van der Waals surface area (Å²) in [6.45, 7) is 4.71. The van der Waals surface area contributed by atoms with Crippen molar-refractivity contribution in [3.05, 3.63) is 23.8 Å². The molecule has 0 amide bonds. The van der Waals surface area contributed by atoms with Gasteiger partial charge in [0, 0.05) is 24.2 Å². The Kier molecular flexibility index (Phi) is 5.37. The van der Waals surface area contributed by atoms with Crippen molar-refractivity contribution in [3.63, 3.8) is 0 Å². The fourth-order valence-electron chi connectivity index (χ4n) is 1.85. The average Bonchev–Trinajstić information content (AvgIpc) is 2.34. The number of hydrogen-bond donors (Lipinski definition) is 2. The lowest BCUT2D eigenvalue weighted by molar-refractivity contribution is 0.299. The van der Waals surface area contributed by atoms with Crippen LogP contribution in [0.1, 0.15) is 19.4 Å². The number of nitrogens with two attached hydrogens (primary N) is 1. The van der Waals surface area contributed by atoms with Gasteiger partial charge in [0.25, 0.3) is 0 Å². The quantitative estimate of drug-likeness (QED) is 0.766. The zero-order valence-electron chi connectivity index (χ0n) is 11.0. The van der Waals surface area contributed by atoms with Crippen molar-refractivity contribution in [2.45, 2.75) is 19.9 Å². The summed E-state index contributed by atoms with van der Waals surface area (Å²) in [5.74, 6) is 0.744. The molecule has 18 heavy (non-hydrogen) atoms. The third kappa shape index (κ3) is 3.34. The number of hydrogen-bond acceptors (Lipinski definition) is 4. The third-order valence-corrected chi connectivity index (χ3v) is 2.96. The number of nitrogens with zero attached hydrogens (tertiary/aromatic N) is 1. The molecule has 5 heteroatoms. The molecule has 0 bridgehead atoms. The van der Waals surface area contributed by atoms with E-state index in [0.717, 1.165) is 17.0 Å². The van der Waals surface area contributed by atoms with Crippen LogP contribution in [0.25, 0.3) is 0 Å². The van der Waals surface area contributed by atoms with E-state index in [0.29, 0.717) is 11.5 Å². The molecule has 0 aliphatic rings. The molecule has 0 unspecified atom stereocenters. The molecule has 4 nitrogen and oxygen atoms in total. The van der Waals surface area contributed by atoms with Gasteiger partial charge in [-0.2, -0.15) is 0 Å². The van der Waals surface area contributed by atoms with E-state index in [2.05, 4.69) is 18.7 Å². The fraction of sp³-hybridized carbons (Fsp3) is 0.462. The Morgan fingerprint density at radius 2 is 2.17 bits per heavy atom. The van der Waals surface area contributed by atoms with Crippen LogP contribution in [0, 0.1) is 0 Å². The maximum atomic E-state index is 9.17. The van der Waals surface area contributed by atoms with Crippen molar-refractivity contribution in [1.82, 2.24) is 0 Å². The molecular weight excluding hydrogens is 248 g/mol. The van der Waals surface area contributed by atoms with Crippen molar-refractivity contribution < 1.29 is 9.84 Å². The summed E-state index contributed by atoms with van der Waals surface area (Å²) in [4.78, 5) is 2.40. The van der Waals surface area contributed by atoms with Crippen LogP contribution in [0.4, 0.5) is 5.69 Å². The van der Waals surface area contributed by atoms with Crippen LogP contribution in [-0.4, -0.2) is 36.4 Å². The molecule has 1 rings (SSSR count). The van der Waals surface area contributed by atoms with Crippen molar-refractivity contribution in [3.8, 4) is 5.75 Å². The zero-order chi connectivity index (χ0) is 13.7. The molecule has 0 fully saturated rings.